The van der Waals surface area contributed by atoms with E-state index in [1.54, 1.807) is 6.92 Å². The standard InChI is InChI=1S/C32H37NO11/c1-7-22-9-11-23(12-10-22)13-24-14-26(27(39-8-2)15-25(24)16-33)32(38)31(43-21(6)37)30(42-20(5)36)29(41-19(4)35)28(44-32)17-40-18(3)34/h9-12,14-15,28-31,38H,7-8,13,17H2,1-6H3/t28-,29-,30+,31-,32-/m1/s1. The summed E-state index contributed by atoms with van der Waals surface area (Å²) in [7, 11) is 0. The Morgan fingerprint density at radius 1 is 0.886 bits per heavy atom. The van der Waals surface area contributed by atoms with E-state index < -0.39 is 60.7 Å². The normalized spacial score (nSPS) is 22.7. The largest absolute Gasteiger partial charge is 0.493 e. The van der Waals surface area contributed by atoms with Gasteiger partial charge in [0.1, 0.15) is 18.5 Å². The molecule has 0 aliphatic carbocycles. The number of carbonyl (C=O) groups excluding carboxylic acids is 4. The Bertz CT molecular complexity index is 1410. The van der Waals surface area contributed by atoms with Crippen molar-refractivity contribution in [3.8, 4) is 11.8 Å². The van der Waals surface area contributed by atoms with Crippen LogP contribution in [0.15, 0.2) is 36.4 Å². The monoisotopic (exact) mass is 611 g/mol. The predicted octanol–water partition coefficient (Wildman–Crippen LogP) is 3.01. The van der Waals surface area contributed by atoms with E-state index in [9.17, 15) is 29.5 Å². The Morgan fingerprint density at radius 2 is 1.48 bits per heavy atom. The van der Waals surface area contributed by atoms with E-state index in [1.165, 1.54) is 12.1 Å². The Labute approximate surface area is 255 Å². The number of hydrogen-bond acceptors (Lipinski definition) is 12. The minimum absolute atomic E-state index is 0.0209. The number of rotatable bonds is 11. The maximum atomic E-state index is 12.4. The van der Waals surface area contributed by atoms with Crippen LogP contribution in [-0.2, 0) is 61.5 Å². The van der Waals surface area contributed by atoms with Crippen molar-refractivity contribution in [3.63, 3.8) is 0 Å². The Morgan fingerprint density at radius 3 is 2.00 bits per heavy atom. The number of ether oxygens (including phenoxy) is 6. The zero-order chi connectivity index (χ0) is 32.6. The van der Waals surface area contributed by atoms with E-state index in [4.69, 9.17) is 28.4 Å². The lowest BCUT2D eigenvalue weighted by Crippen LogP contribution is -2.66. The lowest BCUT2D eigenvalue weighted by molar-refractivity contribution is -0.360. The van der Waals surface area contributed by atoms with Crippen molar-refractivity contribution in [1.82, 2.24) is 0 Å². The van der Waals surface area contributed by atoms with Crippen molar-refractivity contribution < 1.29 is 52.7 Å². The molecular formula is C32H37NO11. The van der Waals surface area contributed by atoms with Crippen LogP contribution in [-0.4, -0.2) is 66.6 Å². The topological polar surface area (TPSA) is 168 Å². The summed E-state index contributed by atoms with van der Waals surface area (Å²) in [6, 6.07) is 12.9. The van der Waals surface area contributed by atoms with E-state index in [1.807, 2.05) is 31.2 Å². The number of aryl methyl sites for hydroxylation is 1. The molecule has 236 valence electrons. The van der Waals surface area contributed by atoms with Crippen molar-refractivity contribution in [1.29, 1.82) is 5.26 Å². The van der Waals surface area contributed by atoms with Crippen molar-refractivity contribution in [2.75, 3.05) is 13.2 Å². The van der Waals surface area contributed by atoms with Gasteiger partial charge in [0, 0.05) is 27.7 Å². The molecule has 3 rings (SSSR count). The van der Waals surface area contributed by atoms with Gasteiger partial charge in [0.2, 0.25) is 11.9 Å². The zero-order valence-corrected chi connectivity index (χ0v) is 25.6. The average Bonchev–Trinajstić information content (AvgIpc) is 2.95. The molecule has 1 saturated heterocycles. The lowest BCUT2D eigenvalue weighted by Gasteiger charge is -2.49. The Kier molecular flexibility index (Phi) is 11.5. The van der Waals surface area contributed by atoms with Gasteiger partial charge in [-0.2, -0.15) is 5.26 Å². The highest BCUT2D eigenvalue weighted by Crippen LogP contribution is 2.45. The minimum Gasteiger partial charge on any atom is -0.493 e. The minimum atomic E-state index is -2.62. The molecule has 1 heterocycles. The first-order valence-electron chi connectivity index (χ1n) is 14.2. The highest BCUT2D eigenvalue weighted by Gasteiger charge is 2.61. The number of esters is 4. The summed E-state index contributed by atoms with van der Waals surface area (Å²) in [5.41, 5.74) is 2.69. The highest BCUT2D eigenvalue weighted by molar-refractivity contribution is 5.69. The summed E-state index contributed by atoms with van der Waals surface area (Å²) >= 11 is 0. The first-order valence-corrected chi connectivity index (χ1v) is 14.2. The van der Waals surface area contributed by atoms with Crippen molar-refractivity contribution in [2.24, 2.45) is 0 Å². The van der Waals surface area contributed by atoms with Gasteiger partial charge in [-0.25, -0.2) is 0 Å². The molecule has 12 heteroatoms. The highest BCUT2D eigenvalue weighted by atomic mass is 16.7. The zero-order valence-electron chi connectivity index (χ0n) is 25.6. The smallest absolute Gasteiger partial charge is 0.303 e. The SMILES string of the molecule is CCOc1cc(C#N)c(Cc2ccc(CC)cc2)cc1[C@@]1(O)O[C@H](COC(C)=O)[C@@H](OC(C)=O)[C@H](OC(C)=O)[C@H]1OC(C)=O. The molecule has 0 spiro atoms. The van der Waals surface area contributed by atoms with Gasteiger partial charge in [-0.3, -0.25) is 19.2 Å². The van der Waals surface area contributed by atoms with Crippen LogP contribution in [0.1, 0.15) is 69.4 Å². The van der Waals surface area contributed by atoms with Crippen LogP contribution >= 0.6 is 0 Å². The van der Waals surface area contributed by atoms with Crippen molar-refractivity contribution >= 4 is 23.9 Å². The molecule has 1 fully saturated rings. The summed E-state index contributed by atoms with van der Waals surface area (Å²) in [5, 5.41) is 22.4. The van der Waals surface area contributed by atoms with Gasteiger partial charge in [0.05, 0.1) is 23.8 Å². The first kappa shape index (κ1) is 34.0. The lowest BCUT2D eigenvalue weighted by atomic mass is 9.85. The number of hydrogen-bond donors (Lipinski definition) is 1. The van der Waals surface area contributed by atoms with Gasteiger partial charge in [-0.05, 0) is 48.6 Å². The molecule has 0 amide bonds. The summed E-state index contributed by atoms with van der Waals surface area (Å²) in [6.45, 7) is 7.72. The van der Waals surface area contributed by atoms with Crippen LogP contribution in [0, 0.1) is 11.3 Å². The molecule has 2 aromatic carbocycles. The summed E-state index contributed by atoms with van der Waals surface area (Å²) in [4.78, 5) is 48.5. The molecule has 0 saturated carbocycles. The van der Waals surface area contributed by atoms with Crippen LogP contribution in [0.25, 0.3) is 0 Å². The fraction of sp³-hybridized carbons (Fsp3) is 0.469. The summed E-state index contributed by atoms with van der Waals surface area (Å²) in [6.07, 6.45) is -5.16. The van der Waals surface area contributed by atoms with Gasteiger partial charge < -0.3 is 33.5 Å². The molecule has 0 bridgehead atoms. The molecule has 44 heavy (non-hydrogen) atoms. The van der Waals surface area contributed by atoms with Gasteiger partial charge in [-0.15, -0.1) is 0 Å². The first-order chi connectivity index (χ1) is 20.8. The van der Waals surface area contributed by atoms with Crippen LogP contribution in [0.2, 0.25) is 0 Å². The molecular weight excluding hydrogens is 574 g/mol. The molecule has 1 aliphatic rings. The van der Waals surface area contributed by atoms with Gasteiger partial charge >= 0.3 is 23.9 Å². The van der Waals surface area contributed by atoms with E-state index in [0.717, 1.165) is 45.2 Å². The molecule has 12 nitrogen and oxygen atoms in total. The maximum absolute atomic E-state index is 12.4. The second kappa shape index (κ2) is 14.8. The van der Waals surface area contributed by atoms with Crippen LogP contribution in [0.4, 0.5) is 0 Å². The molecule has 1 N–H and O–H groups in total. The summed E-state index contributed by atoms with van der Waals surface area (Å²) < 4.78 is 33.5. The van der Waals surface area contributed by atoms with Gasteiger partial charge in [0.25, 0.3) is 0 Å². The van der Waals surface area contributed by atoms with E-state index in [2.05, 4.69) is 6.07 Å². The Balaban J connectivity index is 2.28. The molecule has 0 aromatic heterocycles. The van der Waals surface area contributed by atoms with Gasteiger partial charge in [0.15, 0.2) is 12.2 Å². The van der Waals surface area contributed by atoms with Crippen molar-refractivity contribution in [2.45, 2.75) is 84.6 Å². The number of nitrogens with zero attached hydrogens (tertiary/aromatic N) is 1. The predicted molar refractivity (Wildman–Crippen MR) is 153 cm³/mol. The number of aliphatic hydroxyl groups is 1. The third-order valence-electron chi connectivity index (χ3n) is 6.89. The summed E-state index contributed by atoms with van der Waals surface area (Å²) in [5.74, 6) is -5.83. The molecule has 0 radical (unpaired) electrons. The third-order valence-corrected chi connectivity index (χ3v) is 6.89. The molecule has 1 aliphatic heterocycles. The molecule has 0 unspecified atom stereocenters. The van der Waals surface area contributed by atoms with Crippen LogP contribution < -0.4 is 4.74 Å². The maximum Gasteiger partial charge on any atom is 0.303 e. The quantitative estimate of drug-likeness (QED) is 0.292. The van der Waals surface area contributed by atoms with E-state index >= 15 is 0 Å². The second-order valence-corrected chi connectivity index (χ2v) is 10.2. The number of nitriles is 1. The molecule has 2 aromatic rings. The number of benzene rings is 2. The van der Waals surface area contributed by atoms with Crippen molar-refractivity contribution in [3.05, 3.63) is 64.2 Å². The Hall–Kier alpha value is -4.47. The van der Waals surface area contributed by atoms with Gasteiger partial charge in [-0.1, -0.05) is 31.2 Å². The van der Waals surface area contributed by atoms with E-state index in [0.29, 0.717) is 5.56 Å². The fourth-order valence-electron chi connectivity index (χ4n) is 5.04. The fourth-order valence-corrected chi connectivity index (χ4v) is 5.04. The molecule has 5 atom stereocenters. The number of carbonyl (C=O) groups is 4. The third kappa shape index (κ3) is 8.12. The second-order valence-electron chi connectivity index (χ2n) is 10.2. The van der Waals surface area contributed by atoms with Crippen LogP contribution in [0.3, 0.4) is 0 Å². The average molecular weight is 612 g/mol. The van der Waals surface area contributed by atoms with Crippen LogP contribution in [0.5, 0.6) is 5.75 Å². The van der Waals surface area contributed by atoms with E-state index in [-0.39, 0.29) is 29.9 Å².